The van der Waals surface area contributed by atoms with Crippen LogP contribution in [0.3, 0.4) is 0 Å². The molecule has 1 aliphatic carbocycles. The molecule has 0 bridgehead atoms. The number of nitrogens with zero attached hydrogens (tertiary/aromatic N) is 1. The lowest BCUT2D eigenvalue weighted by atomic mass is 9.82. The zero-order chi connectivity index (χ0) is 23.4. The lowest BCUT2D eigenvalue weighted by molar-refractivity contribution is 0.540. The van der Waals surface area contributed by atoms with Crippen LogP contribution in [0.5, 0.6) is 0 Å². The third-order valence-corrected chi connectivity index (χ3v) is 6.79. The molecule has 33 heavy (non-hydrogen) atoms. The molecule has 0 amide bonds. The van der Waals surface area contributed by atoms with Gasteiger partial charge in [0.15, 0.2) is 0 Å². The first-order chi connectivity index (χ1) is 15.7. The van der Waals surface area contributed by atoms with Gasteiger partial charge in [-0.05, 0) is 66.8 Å². The number of halogens is 1. The Morgan fingerprint density at radius 2 is 1.24 bits per heavy atom. The van der Waals surface area contributed by atoms with Crippen LogP contribution < -0.4 is 4.90 Å². The van der Waals surface area contributed by atoms with E-state index in [1.165, 1.54) is 11.1 Å². The van der Waals surface area contributed by atoms with Crippen LogP contribution in [0.15, 0.2) is 91.0 Å². The molecule has 0 aliphatic heterocycles. The highest BCUT2D eigenvalue weighted by Gasteiger charge is 2.38. The monoisotopic (exact) mass is 435 g/mol. The predicted octanol–water partition coefficient (Wildman–Crippen LogP) is 8.74. The Labute approximate surface area is 196 Å². The molecule has 0 spiro atoms. The van der Waals surface area contributed by atoms with Gasteiger partial charge in [-0.25, -0.2) is 4.39 Å². The molecule has 166 valence electrons. The van der Waals surface area contributed by atoms with Crippen LogP contribution >= 0.6 is 0 Å². The quantitative estimate of drug-likeness (QED) is 0.311. The van der Waals surface area contributed by atoms with E-state index in [0.29, 0.717) is 5.69 Å². The topological polar surface area (TPSA) is 3.24 Å². The summed E-state index contributed by atoms with van der Waals surface area (Å²) in [5.41, 5.74) is 7.89. The fourth-order valence-electron chi connectivity index (χ4n) is 5.26. The maximum atomic E-state index is 16.0. The summed E-state index contributed by atoms with van der Waals surface area (Å²) in [6.07, 6.45) is 0. The molecule has 0 fully saturated rings. The second-order valence-corrected chi connectivity index (χ2v) is 10.4. The van der Waals surface area contributed by atoms with Crippen molar-refractivity contribution in [2.75, 3.05) is 4.90 Å². The standard InChI is InChI=1S/C31H30FN/c1-30(2,3)33(28-18-12-10-15-22(28)21-13-7-6-8-14-21)29-19-24-23-16-9-11-17-25(23)31(4,5)26(24)20-27(29)32/h6-20H,1-5H3. The van der Waals surface area contributed by atoms with Crippen LogP contribution in [-0.4, -0.2) is 5.54 Å². The maximum Gasteiger partial charge on any atom is 0.147 e. The zero-order valence-electron chi connectivity index (χ0n) is 20.0. The Morgan fingerprint density at radius 1 is 0.636 bits per heavy atom. The molecule has 0 unspecified atom stereocenters. The molecular formula is C31H30FN. The van der Waals surface area contributed by atoms with E-state index in [4.69, 9.17) is 0 Å². The molecule has 5 rings (SSSR count). The van der Waals surface area contributed by atoms with Crippen molar-refractivity contribution < 1.29 is 4.39 Å². The minimum Gasteiger partial charge on any atom is -0.333 e. The lowest BCUT2D eigenvalue weighted by Crippen LogP contribution is -2.38. The first-order valence-corrected chi connectivity index (χ1v) is 11.6. The minimum absolute atomic E-state index is 0.188. The molecule has 0 heterocycles. The lowest BCUT2D eigenvalue weighted by Gasteiger charge is -2.39. The van der Waals surface area contributed by atoms with Gasteiger partial charge < -0.3 is 4.90 Å². The summed E-state index contributed by atoms with van der Waals surface area (Å²) in [5, 5.41) is 0. The van der Waals surface area contributed by atoms with E-state index in [1.807, 2.05) is 30.3 Å². The van der Waals surface area contributed by atoms with E-state index < -0.39 is 0 Å². The molecule has 4 aromatic rings. The zero-order valence-corrected chi connectivity index (χ0v) is 20.0. The van der Waals surface area contributed by atoms with Crippen LogP contribution in [-0.2, 0) is 5.41 Å². The summed E-state index contributed by atoms with van der Waals surface area (Å²) in [7, 11) is 0. The summed E-state index contributed by atoms with van der Waals surface area (Å²) >= 11 is 0. The highest BCUT2D eigenvalue weighted by atomic mass is 19.1. The molecule has 0 radical (unpaired) electrons. The molecule has 0 N–H and O–H groups in total. The van der Waals surface area contributed by atoms with Crippen molar-refractivity contribution in [3.05, 3.63) is 108 Å². The normalized spacial score (nSPS) is 14.0. The number of fused-ring (bicyclic) bond motifs is 3. The van der Waals surface area contributed by atoms with Crippen molar-refractivity contribution in [1.82, 2.24) is 0 Å². The van der Waals surface area contributed by atoms with E-state index in [0.717, 1.165) is 27.9 Å². The van der Waals surface area contributed by atoms with E-state index >= 15 is 4.39 Å². The van der Waals surface area contributed by atoms with E-state index in [2.05, 4.69) is 94.1 Å². The first kappa shape index (κ1) is 21.5. The van der Waals surface area contributed by atoms with Gasteiger partial charge in [0.25, 0.3) is 0 Å². The average molecular weight is 436 g/mol. The maximum absolute atomic E-state index is 16.0. The van der Waals surface area contributed by atoms with Gasteiger partial charge in [0, 0.05) is 22.2 Å². The molecule has 0 aromatic heterocycles. The fraction of sp³-hybridized carbons (Fsp3) is 0.226. The average Bonchev–Trinajstić information content (AvgIpc) is 3.01. The van der Waals surface area contributed by atoms with Crippen molar-refractivity contribution in [3.8, 4) is 22.3 Å². The summed E-state index contributed by atoms with van der Waals surface area (Å²) in [5.74, 6) is -0.188. The van der Waals surface area contributed by atoms with Gasteiger partial charge in [-0.2, -0.15) is 0 Å². The second kappa shape index (κ2) is 7.59. The number of para-hydroxylation sites is 1. The number of hydrogen-bond donors (Lipinski definition) is 0. The Kier molecular flexibility index (Phi) is 4.93. The Bertz CT molecular complexity index is 1330. The van der Waals surface area contributed by atoms with Crippen LogP contribution in [0.25, 0.3) is 22.3 Å². The van der Waals surface area contributed by atoms with Crippen LogP contribution in [0.1, 0.15) is 45.7 Å². The van der Waals surface area contributed by atoms with E-state index in [1.54, 1.807) is 6.07 Å². The molecule has 0 saturated carbocycles. The Morgan fingerprint density at radius 3 is 1.94 bits per heavy atom. The largest absolute Gasteiger partial charge is 0.333 e. The second-order valence-electron chi connectivity index (χ2n) is 10.4. The number of hydrogen-bond acceptors (Lipinski definition) is 1. The van der Waals surface area contributed by atoms with Gasteiger partial charge in [-0.1, -0.05) is 86.6 Å². The summed E-state index contributed by atoms with van der Waals surface area (Å²) in [6.45, 7) is 10.8. The number of anilines is 2. The molecule has 4 aromatic carbocycles. The van der Waals surface area contributed by atoms with Crippen molar-refractivity contribution in [3.63, 3.8) is 0 Å². The third kappa shape index (κ3) is 3.45. The van der Waals surface area contributed by atoms with Gasteiger partial charge in [0.05, 0.1) is 5.69 Å². The third-order valence-electron chi connectivity index (χ3n) is 6.79. The highest BCUT2D eigenvalue weighted by molar-refractivity contribution is 5.87. The summed E-state index contributed by atoms with van der Waals surface area (Å²) in [6, 6.07) is 30.9. The predicted molar refractivity (Wildman–Crippen MR) is 138 cm³/mol. The van der Waals surface area contributed by atoms with Crippen molar-refractivity contribution >= 4 is 11.4 Å². The molecule has 0 saturated heterocycles. The van der Waals surface area contributed by atoms with Gasteiger partial charge in [0.2, 0.25) is 0 Å². The number of benzene rings is 4. The first-order valence-electron chi connectivity index (χ1n) is 11.6. The van der Waals surface area contributed by atoms with Crippen molar-refractivity contribution in [2.45, 2.75) is 45.6 Å². The van der Waals surface area contributed by atoms with Crippen molar-refractivity contribution in [2.24, 2.45) is 0 Å². The van der Waals surface area contributed by atoms with Crippen LogP contribution in [0.2, 0.25) is 0 Å². The van der Waals surface area contributed by atoms with E-state index in [9.17, 15) is 0 Å². The SMILES string of the molecule is CC1(C)c2ccccc2-c2cc(N(c3ccccc3-c3ccccc3)C(C)(C)C)c(F)cc21. The fourth-order valence-corrected chi connectivity index (χ4v) is 5.26. The molecule has 1 nitrogen and oxygen atoms in total. The van der Waals surface area contributed by atoms with Crippen LogP contribution in [0, 0.1) is 5.82 Å². The Hall–Kier alpha value is -3.39. The van der Waals surface area contributed by atoms with E-state index in [-0.39, 0.29) is 16.8 Å². The molecule has 2 heteroatoms. The highest BCUT2D eigenvalue weighted by Crippen LogP contribution is 2.51. The molecular weight excluding hydrogens is 405 g/mol. The van der Waals surface area contributed by atoms with Crippen LogP contribution in [0.4, 0.5) is 15.8 Å². The Balaban J connectivity index is 1.76. The molecule has 0 atom stereocenters. The number of rotatable bonds is 3. The van der Waals surface area contributed by atoms with Gasteiger partial charge in [-0.15, -0.1) is 0 Å². The summed E-state index contributed by atoms with van der Waals surface area (Å²) < 4.78 is 16.0. The van der Waals surface area contributed by atoms with Gasteiger partial charge in [-0.3, -0.25) is 0 Å². The molecule has 1 aliphatic rings. The smallest absolute Gasteiger partial charge is 0.147 e. The minimum atomic E-state index is -0.340. The van der Waals surface area contributed by atoms with Crippen molar-refractivity contribution in [1.29, 1.82) is 0 Å². The van der Waals surface area contributed by atoms with Gasteiger partial charge >= 0.3 is 0 Å². The summed E-state index contributed by atoms with van der Waals surface area (Å²) in [4.78, 5) is 2.15. The van der Waals surface area contributed by atoms with Gasteiger partial charge in [0.1, 0.15) is 5.82 Å².